The summed E-state index contributed by atoms with van der Waals surface area (Å²) in [6.45, 7) is 5.32. The first-order valence-corrected chi connectivity index (χ1v) is 8.55. The van der Waals surface area contributed by atoms with Crippen LogP contribution in [0.15, 0.2) is 24.3 Å². The van der Waals surface area contributed by atoms with Crippen molar-refractivity contribution < 1.29 is 9.59 Å². The van der Waals surface area contributed by atoms with Crippen molar-refractivity contribution in [3.63, 3.8) is 0 Å². The zero-order valence-electron chi connectivity index (χ0n) is 14.3. The number of carbonyl (C=O) groups is 2. The van der Waals surface area contributed by atoms with Crippen molar-refractivity contribution in [2.24, 2.45) is 11.8 Å². The number of hydrogen-bond acceptors (Lipinski definition) is 2. The van der Waals surface area contributed by atoms with Crippen molar-refractivity contribution in [2.75, 3.05) is 13.6 Å². The van der Waals surface area contributed by atoms with Gasteiger partial charge in [0.25, 0.3) is 0 Å². The average molecular weight is 314 g/mol. The van der Waals surface area contributed by atoms with Gasteiger partial charge in [0.15, 0.2) is 0 Å². The van der Waals surface area contributed by atoms with E-state index in [2.05, 4.69) is 38.1 Å². The lowest BCUT2D eigenvalue weighted by molar-refractivity contribution is -0.136. The second-order valence-electron chi connectivity index (χ2n) is 7.19. The Morgan fingerprint density at radius 2 is 1.96 bits per heavy atom. The second kappa shape index (κ2) is 6.34. The molecular weight excluding hydrogens is 288 g/mol. The van der Waals surface area contributed by atoms with Gasteiger partial charge >= 0.3 is 0 Å². The summed E-state index contributed by atoms with van der Waals surface area (Å²) in [5.74, 6) is 0.699. The van der Waals surface area contributed by atoms with E-state index in [0.717, 1.165) is 5.56 Å². The number of aryl methyl sites for hydroxylation is 1. The van der Waals surface area contributed by atoms with Gasteiger partial charge in [0.05, 0.1) is 5.92 Å². The topological polar surface area (TPSA) is 40.6 Å². The van der Waals surface area contributed by atoms with Crippen molar-refractivity contribution in [3.8, 4) is 0 Å². The Kier molecular flexibility index (Phi) is 4.42. The number of carbonyl (C=O) groups excluding carboxylic acids is 2. The molecule has 23 heavy (non-hydrogen) atoms. The molecule has 2 amide bonds. The van der Waals surface area contributed by atoms with E-state index < -0.39 is 0 Å². The minimum absolute atomic E-state index is 0.0939. The van der Waals surface area contributed by atoms with E-state index in [9.17, 15) is 9.59 Å². The third-order valence-electron chi connectivity index (χ3n) is 5.32. The fraction of sp³-hybridized carbons (Fsp3) is 0.579. The second-order valence-corrected chi connectivity index (χ2v) is 7.19. The predicted molar refractivity (Wildman–Crippen MR) is 89.7 cm³/mol. The van der Waals surface area contributed by atoms with Gasteiger partial charge in [-0.1, -0.05) is 29.8 Å². The molecule has 1 aliphatic carbocycles. The monoisotopic (exact) mass is 314 g/mol. The van der Waals surface area contributed by atoms with Crippen LogP contribution >= 0.6 is 0 Å². The maximum absolute atomic E-state index is 12.7. The van der Waals surface area contributed by atoms with E-state index in [-0.39, 0.29) is 17.7 Å². The first-order chi connectivity index (χ1) is 11.0. The number of likely N-dealkylation sites (tertiary alicyclic amines) is 1. The predicted octanol–water partition coefficient (Wildman–Crippen LogP) is 2.60. The Morgan fingerprint density at radius 3 is 2.57 bits per heavy atom. The van der Waals surface area contributed by atoms with Crippen LogP contribution in [-0.2, 0) is 16.1 Å². The highest BCUT2D eigenvalue weighted by molar-refractivity contribution is 5.89. The van der Waals surface area contributed by atoms with Gasteiger partial charge in [-0.25, -0.2) is 0 Å². The third kappa shape index (κ3) is 3.57. The van der Waals surface area contributed by atoms with Gasteiger partial charge in [-0.2, -0.15) is 0 Å². The number of amides is 2. The Balaban J connectivity index is 1.60. The lowest BCUT2D eigenvalue weighted by Gasteiger charge is -2.27. The van der Waals surface area contributed by atoms with E-state index >= 15 is 0 Å². The summed E-state index contributed by atoms with van der Waals surface area (Å²) in [6.07, 6.45) is 2.80. The summed E-state index contributed by atoms with van der Waals surface area (Å²) < 4.78 is 0. The van der Waals surface area contributed by atoms with Gasteiger partial charge < -0.3 is 9.80 Å². The Hall–Kier alpha value is -1.84. The lowest BCUT2D eigenvalue weighted by Crippen LogP contribution is -2.41. The Morgan fingerprint density at radius 1 is 1.30 bits per heavy atom. The fourth-order valence-electron chi connectivity index (χ4n) is 3.39. The molecule has 0 bridgehead atoms. The average Bonchev–Trinajstić information content (AvgIpc) is 3.32. The lowest BCUT2D eigenvalue weighted by atomic mass is 10.1. The van der Waals surface area contributed by atoms with E-state index in [4.69, 9.17) is 0 Å². The first kappa shape index (κ1) is 16.0. The highest BCUT2D eigenvalue weighted by Crippen LogP contribution is 2.35. The van der Waals surface area contributed by atoms with Crippen molar-refractivity contribution in [3.05, 3.63) is 35.4 Å². The highest BCUT2D eigenvalue weighted by Gasteiger charge is 2.39. The molecule has 2 fully saturated rings. The molecule has 0 aromatic heterocycles. The first-order valence-electron chi connectivity index (χ1n) is 8.55. The van der Waals surface area contributed by atoms with Gasteiger partial charge in [0.2, 0.25) is 11.8 Å². The van der Waals surface area contributed by atoms with Gasteiger partial charge in [-0.05, 0) is 38.2 Å². The van der Waals surface area contributed by atoms with Crippen LogP contribution in [0, 0.1) is 18.8 Å². The standard InChI is InChI=1S/C19H26N2O2/c1-13-4-6-15(7-5-13)11-21-12-17(10-18(21)22)19(23)20(3)14(2)16-8-9-16/h4-7,14,16-17H,8-12H2,1-3H3/t14-,17-/m0/s1. The molecule has 1 aromatic carbocycles. The molecule has 3 rings (SSSR count). The van der Waals surface area contributed by atoms with Gasteiger partial charge in [-0.15, -0.1) is 0 Å². The summed E-state index contributed by atoms with van der Waals surface area (Å²) in [6, 6.07) is 8.52. The minimum Gasteiger partial charge on any atom is -0.342 e. The summed E-state index contributed by atoms with van der Waals surface area (Å²) >= 11 is 0. The molecule has 0 radical (unpaired) electrons. The summed E-state index contributed by atoms with van der Waals surface area (Å²) in [4.78, 5) is 28.6. The molecule has 124 valence electrons. The molecule has 2 atom stereocenters. The number of benzene rings is 1. The largest absolute Gasteiger partial charge is 0.342 e. The number of rotatable bonds is 5. The maximum Gasteiger partial charge on any atom is 0.227 e. The van der Waals surface area contributed by atoms with E-state index in [1.54, 1.807) is 0 Å². The van der Waals surface area contributed by atoms with Crippen molar-refractivity contribution in [2.45, 2.75) is 45.7 Å². The van der Waals surface area contributed by atoms with Gasteiger partial charge in [0.1, 0.15) is 0 Å². The maximum atomic E-state index is 12.7. The minimum atomic E-state index is -0.181. The molecule has 1 aliphatic heterocycles. The molecule has 2 aliphatic rings. The number of nitrogens with zero attached hydrogens (tertiary/aromatic N) is 2. The van der Waals surface area contributed by atoms with Gasteiger partial charge in [-0.3, -0.25) is 9.59 Å². The van der Waals surface area contributed by atoms with E-state index in [0.29, 0.717) is 31.5 Å². The Labute approximate surface area is 138 Å². The zero-order valence-corrected chi connectivity index (χ0v) is 14.3. The van der Waals surface area contributed by atoms with Crippen molar-refractivity contribution >= 4 is 11.8 Å². The molecule has 0 unspecified atom stereocenters. The van der Waals surface area contributed by atoms with Crippen LogP contribution in [0.5, 0.6) is 0 Å². The van der Waals surface area contributed by atoms with Crippen LogP contribution in [0.2, 0.25) is 0 Å². The smallest absolute Gasteiger partial charge is 0.227 e. The number of hydrogen-bond donors (Lipinski definition) is 0. The van der Waals surface area contributed by atoms with E-state index in [1.807, 2.05) is 16.8 Å². The highest BCUT2D eigenvalue weighted by atomic mass is 16.2. The molecule has 4 heteroatoms. The summed E-state index contributed by atoms with van der Waals surface area (Å²) in [5, 5.41) is 0. The van der Waals surface area contributed by atoms with Crippen LogP contribution in [0.4, 0.5) is 0 Å². The van der Waals surface area contributed by atoms with E-state index in [1.165, 1.54) is 18.4 Å². The molecular formula is C19H26N2O2. The zero-order chi connectivity index (χ0) is 16.6. The van der Waals surface area contributed by atoms with Crippen LogP contribution in [0.3, 0.4) is 0 Å². The molecule has 4 nitrogen and oxygen atoms in total. The molecule has 0 N–H and O–H groups in total. The van der Waals surface area contributed by atoms with Crippen LogP contribution in [0.25, 0.3) is 0 Å². The SMILES string of the molecule is Cc1ccc(CN2C[C@@H](C(=O)N(C)[C@@H](C)C3CC3)CC2=O)cc1. The fourth-order valence-corrected chi connectivity index (χ4v) is 3.39. The summed E-state index contributed by atoms with van der Waals surface area (Å²) in [5.41, 5.74) is 2.34. The third-order valence-corrected chi connectivity index (χ3v) is 5.32. The molecule has 1 saturated heterocycles. The molecule has 1 aromatic rings. The van der Waals surface area contributed by atoms with Crippen molar-refractivity contribution in [1.29, 1.82) is 0 Å². The molecule has 1 heterocycles. The van der Waals surface area contributed by atoms with Crippen molar-refractivity contribution in [1.82, 2.24) is 9.80 Å². The van der Waals surface area contributed by atoms with Crippen LogP contribution in [-0.4, -0.2) is 41.2 Å². The van der Waals surface area contributed by atoms with Crippen LogP contribution in [0.1, 0.15) is 37.3 Å². The molecule has 1 saturated carbocycles. The van der Waals surface area contributed by atoms with Crippen LogP contribution < -0.4 is 0 Å². The van der Waals surface area contributed by atoms with Gasteiger partial charge in [0, 0.05) is 32.6 Å². The molecule has 0 spiro atoms. The Bertz CT molecular complexity index is 592. The normalized spacial score (nSPS) is 22.3. The quantitative estimate of drug-likeness (QED) is 0.838. The summed E-state index contributed by atoms with van der Waals surface area (Å²) in [7, 11) is 1.89.